The van der Waals surface area contributed by atoms with Crippen LogP contribution in [0.1, 0.15) is 19.8 Å². The number of piperazine rings is 1. The fraction of sp³-hybridized carbons (Fsp3) is 0.909. The molecule has 86 valence electrons. The summed E-state index contributed by atoms with van der Waals surface area (Å²) in [6, 6.07) is 0. The van der Waals surface area contributed by atoms with Crippen molar-refractivity contribution in [3.05, 3.63) is 0 Å². The Bertz CT molecular complexity index is 242. The molecule has 0 aromatic heterocycles. The molecule has 2 aliphatic rings. The lowest BCUT2D eigenvalue weighted by atomic mass is 10.1. The van der Waals surface area contributed by atoms with Crippen LogP contribution in [0.5, 0.6) is 0 Å². The molecular formula is C11H21N3O. The summed E-state index contributed by atoms with van der Waals surface area (Å²) in [5.74, 6) is 0.203. The maximum absolute atomic E-state index is 11.1. The summed E-state index contributed by atoms with van der Waals surface area (Å²) in [6.45, 7) is 7.40. The third-order valence-electron chi connectivity index (χ3n) is 3.77. The molecule has 0 unspecified atom stereocenters. The molecule has 1 aliphatic carbocycles. The topological polar surface area (TPSA) is 49.6 Å². The van der Waals surface area contributed by atoms with Gasteiger partial charge in [0, 0.05) is 39.6 Å². The average Bonchev–Trinajstić information content (AvgIpc) is 2.99. The molecule has 0 atom stereocenters. The van der Waals surface area contributed by atoms with Crippen LogP contribution < -0.4 is 5.73 Å². The van der Waals surface area contributed by atoms with E-state index < -0.39 is 0 Å². The zero-order valence-electron chi connectivity index (χ0n) is 9.54. The van der Waals surface area contributed by atoms with Gasteiger partial charge in [0.1, 0.15) is 0 Å². The molecule has 0 aromatic rings. The summed E-state index contributed by atoms with van der Waals surface area (Å²) in [5.41, 5.74) is 6.20. The van der Waals surface area contributed by atoms with Crippen LogP contribution in [0.3, 0.4) is 0 Å². The summed E-state index contributed by atoms with van der Waals surface area (Å²) in [6.07, 6.45) is 2.58. The Morgan fingerprint density at radius 1 is 1.27 bits per heavy atom. The van der Waals surface area contributed by atoms with E-state index in [1.165, 1.54) is 12.8 Å². The summed E-state index contributed by atoms with van der Waals surface area (Å²) in [7, 11) is 0. The van der Waals surface area contributed by atoms with Crippen molar-refractivity contribution < 1.29 is 4.79 Å². The van der Waals surface area contributed by atoms with Gasteiger partial charge in [-0.3, -0.25) is 9.69 Å². The molecule has 2 fully saturated rings. The summed E-state index contributed by atoms with van der Waals surface area (Å²) < 4.78 is 0. The Labute approximate surface area is 91.4 Å². The second-order valence-corrected chi connectivity index (χ2v) is 4.99. The molecule has 1 heterocycles. The standard InChI is InChI=1S/C11H21N3O/c1-10(15)14-6-4-13(5-7-14)9-11(8-12)2-3-11/h2-9,12H2,1H3. The Kier molecular flexibility index (Phi) is 2.98. The van der Waals surface area contributed by atoms with Crippen molar-refractivity contribution in [2.75, 3.05) is 39.3 Å². The fourth-order valence-electron chi connectivity index (χ4n) is 2.30. The number of hydrogen-bond donors (Lipinski definition) is 1. The van der Waals surface area contributed by atoms with Crippen LogP contribution in [-0.4, -0.2) is 55.0 Å². The van der Waals surface area contributed by atoms with Crippen LogP contribution >= 0.6 is 0 Å². The molecule has 0 aromatic carbocycles. The van der Waals surface area contributed by atoms with E-state index in [-0.39, 0.29) is 5.91 Å². The minimum Gasteiger partial charge on any atom is -0.340 e. The van der Waals surface area contributed by atoms with E-state index in [1.807, 2.05) is 4.90 Å². The van der Waals surface area contributed by atoms with Gasteiger partial charge in [0.2, 0.25) is 5.91 Å². The molecule has 2 N–H and O–H groups in total. The smallest absolute Gasteiger partial charge is 0.219 e. The monoisotopic (exact) mass is 211 g/mol. The highest BCUT2D eigenvalue weighted by Gasteiger charge is 2.42. The lowest BCUT2D eigenvalue weighted by Crippen LogP contribution is -2.50. The van der Waals surface area contributed by atoms with Crippen molar-refractivity contribution in [1.29, 1.82) is 0 Å². The lowest BCUT2D eigenvalue weighted by Gasteiger charge is -2.36. The summed E-state index contributed by atoms with van der Waals surface area (Å²) in [5, 5.41) is 0. The molecule has 1 amide bonds. The molecule has 4 nitrogen and oxygen atoms in total. The fourth-order valence-corrected chi connectivity index (χ4v) is 2.30. The van der Waals surface area contributed by atoms with E-state index in [0.717, 1.165) is 39.3 Å². The van der Waals surface area contributed by atoms with E-state index in [2.05, 4.69) is 4.90 Å². The van der Waals surface area contributed by atoms with Gasteiger partial charge in [-0.2, -0.15) is 0 Å². The Balaban J connectivity index is 1.76. The van der Waals surface area contributed by atoms with Crippen LogP contribution in [0.4, 0.5) is 0 Å². The van der Waals surface area contributed by atoms with Gasteiger partial charge in [0.15, 0.2) is 0 Å². The number of nitrogens with two attached hydrogens (primary N) is 1. The predicted octanol–water partition coefficient (Wildman–Crippen LogP) is -0.111. The van der Waals surface area contributed by atoms with E-state index >= 15 is 0 Å². The van der Waals surface area contributed by atoms with Crippen molar-refractivity contribution in [3.8, 4) is 0 Å². The van der Waals surface area contributed by atoms with Crippen molar-refractivity contribution >= 4 is 5.91 Å². The van der Waals surface area contributed by atoms with Gasteiger partial charge in [0.05, 0.1) is 0 Å². The molecule has 15 heavy (non-hydrogen) atoms. The maximum Gasteiger partial charge on any atom is 0.219 e. The van der Waals surface area contributed by atoms with E-state index in [4.69, 9.17) is 5.73 Å². The zero-order chi connectivity index (χ0) is 10.9. The minimum absolute atomic E-state index is 0.203. The molecule has 0 radical (unpaired) electrons. The zero-order valence-corrected chi connectivity index (χ0v) is 9.54. The van der Waals surface area contributed by atoms with E-state index in [9.17, 15) is 4.79 Å². The van der Waals surface area contributed by atoms with Gasteiger partial charge in [-0.1, -0.05) is 0 Å². The largest absolute Gasteiger partial charge is 0.340 e. The van der Waals surface area contributed by atoms with Gasteiger partial charge in [-0.25, -0.2) is 0 Å². The van der Waals surface area contributed by atoms with E-state index in [0.29, 0.717) is 5.41 Å². The van der Waals surface area contributed by atoms with Crippen molar-refractivity contribution in [1.82, 2.24) is 9.80 Å². The summed E-state index contributed by atoms with van der Waals surface area (Å²) >= 11 is 0. The number of amides is 1. The second kappa shape index (κ2) is 4.10. The van der Waals surface area contributed by atoms with Crippen molar-refractivity contribution in [3.63, 3.8) is 0 Å². The molecular weight excluding hydrogens is 190 g/mol. The quantitative estimate of drug-likeness (QED) is 0.708. The number of hydrogen-bond acceptors (Lipinski definition) is 3. The van der Waals surface area contributed by atoms with Gasteiger partial charge < -0.3 is 10.6 Å². The second-order valence-electron chi connectivity index (χ2n) is 4.99. The number of nitrogens with zero attached hydrogens (tertiary/aromatic N) is 2. The number of rotatable bonds is 3. The molecule has 0 spiro atoms. The molecule has 1 aliphatic heterocycles. The third-order valence-corrected chi connectivity index (χ3v) is 3.77. The first-order chi connectivity index (χ1) is 7.15. The van der Waals surface area contributed by atoms with Gasteiger partial charge >= 0.3 is 0 Å². The van der Waals surface area contributed by atoms with Gasteiger partial charge in [-0.05, 0) is 24.8 Å². The Morgan fingerprint density at radius 2 is 1.87 bits per heavy atom. The minimum atomic E-state index is 0.203. The lowest BCUT2D eigenvalue weighted by molar-refractivity contribution is -0.130. The highest BCUT2D eigenvalue weighted by molar-refractivity contribution is 5.73. The Morgan fingerprint density at radius 3 is 2.27 bits per heavy atom. The van der Waals surface area contributed by atoms with Crippen LogP contribution in [0.25, 0.3) is 0 Å². The normalized spacial score (nSPS) is 25.3. The van der Waals surface area contributed by atoms with E-state index in [1.54, 1.807) is 6.92 Å². The first-order valence-electron chi connectivity index (χ1n) is 5.83. The molecule has 1 saturated carbocycles. The first-order valence-corrected chi connectivity index (χ1v) is 5.83. The molecule has 4 heteroatoms. The number of carbonyl (C=O) groups excluding carboxylic acids is 1. The predicted molar refractivity (Wildman–Crippen MR) is 59.4 cm³/mol. The summed E-state index contributed by atoms with van der Waals surface area (Å²) in [4.78, 5) is 15.5. The highest BCUT2D eigenvalue weighted by Crippen LogP contribution is 2.45. The van der Waals surface area contributed by atoms with Crippen LogP contribution in [0.15, 0.2) is 0 Å². The van der Waals surface area contributed by atoms with Gasteiger partial charge in [0.25, 0.3) is 0 Å². The SMILES string of the molecule is CC(=O)N1CCN(CC2(CN)CC2)CC1. The van der Waals surface area contributed by atoms with Crippen LogP contribution in [0, 0.1) is 5.41 Å². The molecule has 2 rings (SSSR count). The Hall–Kier alpha value is -0.610. The highest BCUT2D eigenvalue weighted by atomic mass is 16.2. The van der Waals surface area contributed by atoms with Crippen LogP contribution in [-0.2, 0) is 4.79 Å². The first kappa shape index (κ1) is 10.9. The molecule has 0 bridgehead atoms. The number of carbonyl (C=O) groups is 1. The molecule has 1 saturated heterocycles. The average molecular weight is 211 g/mol. The van der Waals surface area contributed by atoms with Crippen molar-refractivity contribution in [2.24, 2.45) is 11.1 Å². The van der Waals surface area contributed by atoms with Crippen molar-refractivity contribution in [2.45, 2.75) is 19.8 Å². The van der Waals surface area contributed by atoms with Gasteiger partial charge in [-0.15, -0.1) is 0 Å². The maximum atomic E-state index is 11.1. The third kappa shape index (κ3) is 2.49. The van der Waals surface area contributed by atoms with Crippen LogP contribution in [0.2, 0.25) is 0 Å².